The Morgan fingerprint density at radius 3 is 2.73 bits per heavy atom. The minimum absolute atomic E-state index is 0.0431. The summed E-state index contributed by atoms with van der Waals surface area (Å²) in [6.07, 6.45) is 1.34. The molecule has 0 aliphatic carbocycles. The summed E-state index contributed by atoms with van der Waals surface area (Å²) < 4.78 is 11.3. The first kappa shape index (κ1) is 19.8. The molecule has 0 radical (unpaired) electrons. The second kappa shape index (κ2) is 9.24. The lowest BCUT2D eigenvalue weighted by Gasteiger charge is -2.10. The number of nitrogens with one attached hydrogen (secondary N) is 1. The van der Waals surface area contributed by atoms with Gasteiger partial charge in [0.1, 0.15) is 5.75 Å². The van der Waals surface area contributed by atoms with E-state index in [-0.39, 0.29) is 12.4 Å². The van der Waals surface area contributed by atoms with E-state index in [0.29, 0.717) is 23.0 Å². The Morgan fingerprint density at radius 2 is 2.08 bits per heavy atom. The van der Waals surface area contributed by atoms with E-state index in [1.54, 1.807) is 18.2 Å². The van der Waals surface area contributed by atoms with Crippen LogP contribution in [0.2, 0.25) is 0 Å². The average Bonchev–Trinajstić information content (AvgIpc) is 2.62. The molecule has 2 rings (SSSR count). The molecular formula is C19H21BrN2O4. The van der Waals surface area contributed by atoms with Gasteiger partial charge in [0.05, 0.1) is 17.8 Å². The van der Waals surface area contributed by atoms with Gasteiger partial charge in [-0.05, 0) is 51.7 Å². The minimum atomic E-state index is -0.413. The second-order valence-electron chi connectivity index (χ2n) is 5.82. The van der Waals surface area contributed by atoms with Crippen molar-refractivity contribution in [2.75, 3.05) is 13.7 Å². The molecule has 0 aliphatic heterocycles. The molecule has 6 nitrogen and oxygen atoms in total. The predicted octanol–water partition coefficient (Wildman–Crippen LogP) is 3.82. The summed E-state index contributed by atoms with van der Waals surface area (Å²) in [5, 5.41) is 13.8. The maximum Gasteiger partial charge on any atom is 0.277 e. The number of phenols is 1. The zero-order valence-corrected chi connectivity index (χ0v) is 16.4. The van der Waals surface area contributed by atoms with Crippen LogP contribution >= 0.6 is 15.9 Å². The van der Waals surface area contributed by atoms with Gasteiger partial charge in [0.15, 0.2) is 18.1 Å². The van der Waals surface area contributed by atoms with Crippen molar-refractivity contribution in [2.24, 2.45) is 5.10 Å². The third-order valence-corrected chi connectivity index (χ3v) is 4.24. The highest BCUT2D eigenvalue weighted by Crippen LogP contribution is 2.29. The summed E-state index contributed by atoms with van der Waals surface area (Å²) in [6.45, 7) is 4.03. The maximum atomic E-state index is 11.8. The Balaban J connectivity index is 1.90. The van der Waals surface area contributed by atoms with Gasteiger partial charge in [-0.3, -0.25) is 4.79 Å². The number of carbonyl (C=O) groups is 1. The first-order valence-electron chi connectivity index (χ1n) is 8.02. The van der Waals surface area contributed by atoms with E-state index < -0.39 is 5.91 Å². The number of halogens is 1. The first-order chi connectivity index (χ1) is 12.4. The maximum absolute atomic E-state index is 11.8. The number of hydrogen-bond acceptors (Lipinski definition) is 5. The van der Waals surface area contributed by atoms with Gasteiger partial charge in [0.25, 0.3) is 5.91 Å². The van der Waals surface area contributed by atoms with E-state index in [4.69, 9.17) is 9.47 Å². The summed E-state index contributed by atoms with van der Waals surface area (Å²) >= 11 is 3.44. The van der Waals surface area contributed by atoms with E-state index in [1.807, 2.05) is 18.2 Å². The van der Waals surface area contributed by atoms with Crippen molar-refractivity contribution >= 4 is 28.1 Å². The molecule has 0 aliphatic rings. The number of carbonyl (C=O) groups excluding carboxylic acids is 1. The van der Waals surface area contributed by atoms with Gasteiger partial charge < -0.3 is 14.6 Å². The molecule has 0 saturated carbocycles. The van der Waals surface area contributed by atoms with Crippen molar-refractivity contribution in [3.63, 3.8) is 0 Å². The Bertz CT molecular complexity index is 806. The Kier molecular flexibility index (Phi) is 7.03. The van der Waals surface area contributed by atoms with Gasteiger partial charge in [-0.25, -0.2) is 5.43 Å². The van der Waals surface area contributed by atoms with Crippen LogP contribution < -0.4 is 14.9 Å². The van der Waals surface area contributed by atoms with Crippen LogP contribution in [0.5, 0.6) is 17.2 Å². The number of rotatable bonds is 7. The van der Waals surface area contributed by atoms with Crippen LogP contribution in [-0.2, 0) is 4.79 Å². The standard InChI is InChI=1S/C19H21BrN2O4/c1-12(2)13-7-8-16(15(20)9-13)26-11-18(23)22-21-10-14-5-4-6-17(25-3)19(14)24/h4-10,12,24H,11H2,1-3H3,(H,22,23). The van der Waals surface area contributed by atoms with E-state index in [2.05, 4.69) is 40.3 Å². The molecule has 0 atom stereocenters. The molecule has 0 heterocycles. The minimum Gasteiger partial charge on any atom is -0.504 e. The fourth-order valence-electron chi connectivity index (χ4n) is 2.15. The van der Waals surface area contributed by atoms with E-state index in [0.717, 1.165) is 4.47 Å². The van der Waals surface area contributed by atoms with Crippen LogP contribution in [0.25, 0.3) is 0 Å². The third-order valence-electron chi connectivity index (χ3n) is 3.62. The van der Waals surface area contributed by atoms with Crippen LogP contribution in [-0.4, -0.2) is 30.9 Å². The van der Waals surface area contributed by atoms with Crippen LogP contribution in [0, 0.1) is 0 Å². The van der Waals surface area contributed by atoms with Crippen LogP contribution in [0.3, 0.4) is 0 Å². The molecule has 2 aromatic carbocycles. The number of hydrogen-bond donors (Lipinski definition) is 2. The van der Waals surface area contributed by atoms with Gasteiger partial charge in [-0.1, -0.05) is 26.0 Å². The Labute approximate surface area is 161 Å². The van der Waals surface area contributed by atoms with Crippen LogP contribution in [0.4, 0.5) is 0 Å². The van der Waals surface area contributed by atoms with Crippen molar-refractivity contribution in [3.05, 3.63) is 52.0 Å². The monoisotopic (exact) mass is 420 g/mol. The molecule has 1 amide bonds. The lowest BCUT2D eigenvalue weighted by Crippen LogP contribution is -2.24. The summed E-state index contributed by atoms with van der Waals surface area (Å²) in [5.74, 6) is 0.866. The largest absolute Gasteiger partial charge is 0.504 e. The highest BCUT2D eigenvalue weighted by atomic mass is 79.9. The van der Waals surface area contributed by atoms with Gasteiger partial charge in [-0.2, -0.15) is 5.10 Å². The number of para-hydroxylation sites is 1. The van der Waals surface area contributed by atoms with Gasteiger partial charge >= 0.3 is 0 Å². The third kappa shape index (κ3) is 5.23. The van der Waals surface area contributed by atoms with Gasteiger partial charge in [0, 0.05) is 5.56 Å². The number of ether oxygens (including phenoxy) is 2. The Hall–Kier alpha value is -2.54. The summed E-state index contributed by atoms with van der Waals surface area (Å²) in [5.41, 5.74) is 3.96. The Morgan fingerprint density at radius 1 is 1.31 bits per heavy atom. The van der Waals surface area contributed by atoms with Gasteiger partial charge in [-0.15, -0.1) is 0 Å². The van der Waals surface area contributed by atoms with E-state index >= 15 is 0 Å². The van der Waals surface area contributed by atoms with Crippen molar-refractivity contribution < 1.29 is 19.4 Å². The highest BCUT2D eigenvalue weighted by Gasteiger charge is 2.08. The number of amides is 1. The zero-order valence-electron chi connectivity index (χ0n) is 14.8. The summed E-state index contributed by atoms with van der Waals surface area (Å²) in [6, 6.07) is 10.8. The number of benzene rings is 2. The predicted molar refractivity (Wildman–Crippen MR) is 104 cm³/mol. The van der Waals surface area contributed by atoms with Crippen molar-refractivity contribution in [1.82, 2.24) is 5.43 Å². The molecule has 0 aromatic heterocycles. The topological polar surface area (TPSA) is 80.2 Å². The molecule has 0 saturated heterocycles. The fourth-order valence-corrected chi connectivity index (χ4v) is 2.66. The summed E-state index contributed by atoms with van der Waals surface area (Å²) in [7, 11) is 1.46. The zero-order chi connectivity index (χ0) is 19.1. The molecule has 7 heteroatoms. The lowest BCUT2D eigenvalue weighted by atomic mass is 10.0. The quantitative estimate of drug-likeness (QED) is 0.526. The number of hydrazone groups is 1. The normalized spacial score (nSPS) is 11.0. The lowest BCUT2D eigenvalue weighted by molar-refractivity contribution is -0.123. The van der Waals surface area contributed by atoms with Crippen molar-refractivity contribution in [3.8, 4) is 17.2 Å². The van der Waals surface area contributed by atoms with Crippen LogP contribution in [0.1, 0.15) is 30.9 Å². The average molecular weight is 421 g/mol. The molecule has 0 unspecified atom stereocenters. The fraction of sp³-hybridized carbons (Fsp3) is 0.263. The molecule has 2 aromatic rings. The van der Waals surface area contributed by atoms with Crippen LogP contribution in [0.15, 0.2) is 46.0 Å². The molecular weight excluding hydrogens is 400 g/mol. The second-order valence-corrected chi connectivity index (χ2v) is 6.68. The molecule has 0 bridgehead atoms. The molecule has 2 N–H and O–H groups in total. The van der Waals surface area contributed by atoms with Crippen molar-refractivity contribution in [1.29, 1.82) is 0 Å². The smallest absolute Gasteiger partial charge is 0.277 e. The van der Waals surface area contributed by atoms with Gasteiger partial charge in [0.2, 0.25) is 0 Å². The molecule has 26 heavy (non-hydrogen) atoms. The van der Waals surface area contributed by atoms with E-state index in [1.165, 1.54) is 18.9 Å². The molecule has 0 spiro atoms. The summed E-state index contributed by atoms with van der Waals surface area (Å²) in [4.78, 5) is 11.8. The highest BCUT2D eigenvalue weighted by molar-refractivity contribution is 9.10. The number of phenolic OH excluding ortho intramolecular Hbond substituents is 1. The number of nitrogens with zero attached hydrogens (tertiary/aromatic N) is 1. The molecule has 138 valence electrons. The first-order valence-corrected chi connectivity index (χ1v) is 8.81. The van der Waals surface area contributed by atoms with Crippen molar-refractivity contribution in [2.45, 2.75) is 19.8 Å². The van der Waals surface area contributed by atoms with E-state index in [9.17, 15) is 9.90 Å². The molecule has 0 fully saturated rings. The number of methoxy groups -OCH3 is 1. The SMILES string of the molecule is COc1cccc(C=NNC(=O)COc2ccc(C(C)C)cc2Br)c1O. The number of aromatic hydroxyl groups is 1.